The normalized spacial score (nSPS) is 21.3. The van der Waals surface area contributed by atoms with Crippen LogP contribution in [0, 0.1) is 0 Å². The van der Waals surface area contributed by atoms with Crippen molar-refractivity contribution in [1.29, 1.82) is 0 Å². The molecule has 3 heterocycles. The van der Waals surface area contributed by atoms with Gasteiger partial charge in [0.1, 0.15) is 0 Å². The molecule has 1 N–H and O–H groups in total. The lowest BCUT2D eigenvalue weighted by atomic mass is 9.93. The highest BCUT2D eigenvalue weighted by Crippen LogP contribution is 2.47. The molecule has 1 aromatic carbocycles. The van der Waals surface area contributed by atoms with Crippen molar-refractivity contribution >= 4 is 41.1 Å². The van der Waals surface area contributed by atoms with Crippen LogP contribution in [0.15, 0.2) is 51.9 Å². The lowest BCUT2D eigenvalue weighted by Crippen LogP contribution is -2.49. The van der Waals surface area contributed by atoms with E-state index in [0.29, 0.717) is 27.7 Å². The number of thioether (sulfide) groups is 1. The summed E-state index contributed by atoms with van der Waals surface area (Å²) in [4.78, 5) is 29.7. The molecule has 0 unspecified atom stereocenters. The van der Waals surface area contributed by atoms with E-state index >= 15 is 0 Å². The van der Waals surface area contributed by atoms with Gasteiger partial charge in [-0.2, -0.15) is 0 Å². The molecule has 1 saturated heterocycles. The third kappa shape index (κ3) is 4.47. The first kappa shape index (κ1) is 23.3. The number of nitrogens with one attached hydrogen (secondary N) is 1. The van der Waals surface area contributed by atoms with Gasteiger partial charge in [0.25, 0.3) is 5.91 Å². The van der Waals surface area contributed by atoms with E-state index in [2.05, 4.69) is 5.32 Å². The number of thiophene rings is 1. The Morgan fingerprint density at radius 2 is 2.00 bits per heavy atom. The zero-order valence-corrected chi connectivity index (χ0v) is 20.7. The minimum absolute atomic E-state index is 0.0257. The number of fused-ring (bicyclic) bond motifs is 1. The SMILES string of the molecule is COC(=O)C1=C(C)N[C@@H]2S/C(=C/c3cccs3)C(=O)N2[C@@H]1c1ccc(OC(C)C)c(OC)c1. The molecule has 0 bridgehead atoms. The van der Waals surface area contributed by atoms with Gasteiger partial charge in [-0.05, 0) is 56.0 Å². The molecular weight excluding hydrogens is 460 g/mol. The molecule has 2 aromatic rings. The maximum atomic E-state index is 13.6. The topological polar surface area (TPSA) is 77.1 Å². The van der Waals surface area contributed by atoms with Crippen LogP contribution in [0.5, 0.6) is 11.5 Å². The summed E-state index contributed by atoms with van der Waals surface area (Å²) in [7, 11) is 2.91. The minimum Gasteiger partial charge on any atom is -0.493 e. The largest absolute Gasteiger partial charge is 0.493 e. The lowest BCUT2D eigenvalue weighted by molar-refractivity contribution is -0.138. The molecule has 1 amide bonds. The maximum absolute atomic E-state index is 13.6. The van der Waals surface area contributed by atoms with Crippen LogP contribution in [0.3, 0.4) is 0 Å². The Balaban J connectivity index is 1.80. The third-order valence-electron chi connectivity index (χ3n) is 5.32. The molecular formula is C24H26N2O5S2. The molecule has 9 heteroatoms. The van der Waals surface area contributed by atoms with Crippen molar-refractivity contribution in [2.45, 2.75) is 38.4 Å². The molecule has 7 nitrogen and oxygen atoms in total. The molecule has 0 spiro atoms. The Hall–Kier alpha value is -2.91. The molecule has 174 valence electrons. The molecule has 0 aliphatic carbocycles. The first-order valence-electron chi connectivity index (χ1n) is 10.5. The Kier molecular flexibility index (Phi) is 6.71. The molecule has 1 fully saturated rings. The average Bonchev–Trinajstić information content (AvgIpc) is 3.40. The van der Waals surface area contributed by atoms with Gasteiger partial charge in [0.2, 0.25) is 0 Å². The number of esters is 1. The zero-order valence-electron chi connectivity index (χ0n) is 19.1. The minimum atomic E-state index is -0.639. The van der Waals surface area contributed by atoms with Gasteiger partial charge < -0.3 is 19.5 Å². The van der Waals surface area contributed by atoms with Crippen LogP contribution in [-0.4, -0.2) is 42.6 Å². The fourth-order valence-corrected chi connectivity index (χ4v) is 5.87. The Labute approximate surface area is 201 Å². The number of ether oxygens (including phenoxy) is 3. The first-order valence-corrected chi connectivity index (χ1v) is 12.2. The van der Waals surface area contributed by atoms with Gasteiger partial charge >= 0.3 is 5.97 Å². The molecule has 4 rings (SSSR count). The van der Waals surface area contributed by atoms with E-state index < -0.39 is 12.0 Å². The number of rotatable bonds is 6. The van der Waals surface area contributed by atoms with Crippen LogP contribution >= 0.6 is 23.1 Å². The first-order chi connectivity index (χ1) is 15.8. The van der Waals surface area contributed by atoms with Crippen LogP contribution in [0.2, 0.25) is 0 Å². The molecule has 1 aromatic heterocycles. The molecule has 0 saturated carbocycles. The number of hydrogen-bond donors (Lipinski definition) is 1. The third-order valence-corrected chi connectivity index (χ3v) is 7.25. The molecule has 2 aliphatic rings. The summed E-state index contributed by atoms with van der Waals surface area (Å²) in [5.41, 5.74) is 1.45. The predicted molar refractivity (Wildman–Crippen MR) is 130 cm³/mol. The molecule has 2 atom stereocenters. The van der Waals surface area contributed by atoms with E-state index in [1.165, 1.54) is 18.9 Å². The zero-order chi connectivity index (χ0) is 23.7. The van der Waals surface area contributed by atoms with E-state index in [1.54, 1.807) is 23.3 Å². The molecule has 2 aliphatic heterocycles. The van der Waals surface area contributed by atoms with Gasteiger partial charge in [0.05, 0.1) is 36.8 Å². The van der Waals surface area contributed by atoms with Gasteiger partial charge in [0.15, 0.2) is 17.0 Å². The second-order valence-electron chi connectivity index (χ2n) is 7.86. The van der Waals surface area contributed by atoms with E-state index in [4.69, 9.17) is 14.2 Å². The van der Waals surface area contributed by atoms with Crippen molar-refractivity contribution in [2.24, 2.45) is 0 Å². The van der Waals surface area contributed by atoms with Crippen molar-refractivity contribution in [2.75, 3.05) is 14.2 Å². The summed E-state index contributed by atoms with van der Waals surface area (Å²) in [5, 5.41) is 5.27. The number of carbonyl (C=O) groups is 2. The standard InChI is InChI=1S/C24H26N2O5S2/c1-13(2)31-17-9-8-15(11-18(17)29-4)21-20(23(28)30-5)14(3)25-24-26(21)22(27)19(33-24)12-16-7-6-10-32-16/h6-13,21,24-25H,1-5H3/b19-12+/t21-,24+/m1/s1. The van der Waals surface area contributed by atoms with Crippen molar-refractivity contribution in [3.8, 4) is 11.5 Å². The second kappa shape index (κ2) is 9.52. The number of methoxy groups -OCH3 is 2. The fourth-order valence-electron chi connectivity index (χ4n) is 3.93. The van der Waals surface area contributed by atoms with Crippen molar-refractivity contribution in [3.05, 3.63) is 62.3 Å². The second-order valence-corrected chi connectivity index (χ2v) is 9.96. The summed E-state index contributed by atoms with van der Waals surface area (Å²) < 4.78 is 16.5. The summed E-state index contributed by atoms with van der Waals surface area (Å²) in [6.45, 7) is 5.71. The van der Waals surface area contributed by atoms with Crippen LogP contribution in [0.1, 0.15) is 37.3 Å². The van der Waals surface area contributed by atoms with E-state index in [1.807, 2.05) is 62.6 Å². The summed E-state index contributed by atoms with van der Waals surface area (Å²) in [6.07, 6.45) is 1.87. The van der Waals surface area contributed by atoms with Crippen LogP contribution < -0.4 is 14.8 Å². The highest BCUT2D eigenvalue weighted by molar-refractivity contribution is 8.05. The summed E-state index contributed by atoms with van der Waals surface area (Å²) in [6, 6.07) is 8.77. The molecule has 33 heavy (non-hydrogen) atoms. The van der Waals surface area contributed by atoms with Gasteiger partial charge in [-0.25, -0.2) is 4.79 Å². The Morgan fingerprint density at radius 1 is 1.21 bits per heavy atom. The number of nitrogens with zero attached hydrogens (tertiary/aromatic N) is 1. The highest BCUT2D eigenvalue weighted by Gasteiger charge is 2.48. The number of carbonyl (C=O) groups excluding carboxylic acids is 2. The molecule has 0 radical (unpaired) electrons. The maximum Gasteiger partial charge on any atom is 0.337 e. The summed E-state index contributed by atoms with van der Waals surface area (Å²) >= 11 is 3.00. The smallest absolute Gasteiger partial charge is 0.337 e. The van der Waals surface area contributed by atoms with Crippen LogP contribution in [0.4, 0.5) is 0 Å². The van der Waals surface area contributed by atoms with Crippen molar-refractivity contribution in [1.82, 2.24) is 10.2 Å². The quantitative estimate of drug-likeness (QED) is 0.475. The highest BCUT2D eigenvalue weighted by atomic mass is 32.2. The van der Waals surface area contributed by atoms with Crippen LogP contribution in [0.25, 0.3) is 6.08 Å². The van der Waals surface area contributed by atoms with E-state index in [0.717, 1.165) is 10.4 Å². The Bertz CT molecular complexity index is 1120. The van der Waals surface area contributed by atoms with Crippen LogP contribution in [-0.2, 0) is 14.3 Å². The fraction of sp³-hybridized carbons (Fsp3) is 0.333. The average molecular weight is 487 g/mol. The summed E-state index contributed by atoms with van der Waals surface area (Å²) in [5.74, 6) is 0.499. The Morgan fingerprint density at radius 3 is 2.64 bits per heavy atom. The van der Waals surface area contributed by atoms with Gasteiger partial charge in [-0.3, -0.25) is 9.69 Å². The van der Waals surface area contributed by atoms with Crippen molar-refractivity contribution < 1.29 is 23.8 Å². The van der Waals surface area contributed by atoms with E-state index in [9.17, 15) is 9.59 Å². The lowest BCUT2D eigenvalue weighted by Gasteiger charge is -2.39. The van der Waals surface area contributed by atoms with Crippen molar-refractivity contribution in [3.63, 3.8) is 0 Å². The number of allylic oxidation sites excluding steroid dienone is 1. The number of hydrogen-bond acceptors (Lipinski definition) is 8. The number of benzene rings is 1. The predicted octanol–water partition coefficient (Wildman–Crippen LogP) is 4.54. The van der Waals surface area contributed by atoms with Gasteiger partial charge in [0, 0.05) is 10.6 Å². The van der Waals surface area contributed by atoms with Gasteiger partial charge in [-0.1, -0.05) is 23.9 Å². The van der Waals surface area contributed by atoms with E-state index in [-0.39, 0.29) is 17.5 Å². The number of amides is 1. The monoisotopic (exact) mass is 486 g/mol. The van der Waals surface area contributed by atoms with Gasteiger partial charge in [-0.15, -0.1) is 11.3 Å².